The van der Waals surface area contributed by atoms with Gasteiger partial charge in [-0.3, -0.25) is 0 Å². The Bertz CT molecular complexity index is 752. The zero-order valence-electron chi connectivity index (χ0n) is 11.6. The highest BCUT2D eigenvalue weighted by molar-refractivity contribution is 7.22. The molecule has 1 aliphatic heterocycles. The first-order chi connectivity index (χ1) is 9.74. The van der Waals surface area contributed by atoms with Crippen LogP contribution in [-0.4, -0.2) is 11.5 Å². The van der Waals surface area contributed by atoms with Crippen LogP contribution in [0, 0.1) is 6.92 Å². The number of nitrogens with zero attached hydrogens (tertiary/aromatic N) is 1. The average molecular weight is 300 g/mol. The minimum Gasteiger partial charge on any atom is -0.309 e. The maximum absolute atomic E-state index is 4.85. The second kappa shape index (κ2) is 4.65. The van der Waals surface area contributed by atoms with E-state index in [-0.39, 0.29) is 0 Å². The normalized spacial score (nSPS) is 18.4. The SMILES string of the molecule is Cc1sc2c(c1-c1nc3ccccc3s1)CCNC2C. The molecule has 1 aromatic carbocycles. The molecule has 0 fully saturated rings. The number of hydrogen-bond donors (Lipinski definition) is 1. The first kappa shape index (κ1) is 12.5. The van der Waals surface area contributed by atoms with Crippen molar-refractivity contribution < 1.29 is 0 Å². The van der Waals surface area contributed by atoms with Gasteiger partial charge in [0, 0.05) is 21.4 Å². The predicted octanol–water partition coefficient (Wildman–Crippen LogP) is 4.54. The summed E-state index contributed by atoms with van der Waals surface area (Å²) in [6, 6.07) is 8.90. The minimum absolute atomic E-state index is 0.477. The summed E-state index contributed by atoms with van der Waals surface area (Å²) in [6.45, 7) is 5.56. The lowest BCUT2D eigenvalue weighted by molar-refractivity contribution is 0.552. The van der Waals surface area contributed by atoms with Crippen molar-refractivity contribution in [1.29, 1.82) is 0 Å². The third-order valence-corrected chi connectivity index (χ3v) is 6.32. The number of benzene rings is 1. The number of thiophene rings is 1. The van der Waals surface area contributed by atoms with Crippen LogP contribution in [0.1, 0.15) is 28.3 Å². The number of rotatable bonds is 1. The number of hydrogen-bond acceptors (Lipinski definition) is 4. The van der Waals surface area contributed by atoms with E-state index in [2.05, 4.69) is 43.4 Å². The topological polar surface area (TPSA) is 24.9 Å². The number of para-hydroxylation sites is 1. The fraction of sp³-hybridized carbons (Fsp3) is 0.312. The van der Waals surface area contributed by atoms with Crippen LogP contribution in [0.4, 0.5) is 0 Å². The first-order valence-electron chi connectivity index (χ1n) is 6.95. The molecule has 3 heterocycles. The van der Waals surface area contributed by atoms with Gasteiger partial charge in [-0.2, -0.15) is 0 Å². The minimum atomic E-state index is 0.477. The smallest absolute Gasteiger partial charge is 0.126 e. The Kier molecular flexibility index (Phi) is 2.91. The summed E-state index contributed by atoms with van der Waals surface area (Å²) in [6.07, 6.45) is 1.12. The number of aryl methyl sites for hydroxylation is 1. The highest BCUT2D eigenvalue weighted by Gasteiger charge is 2.25. The van der Waals surface area contributed by atoms with E-state index in [0.29, 0.717) is 6.04 Å². The second-order valence-electron chi connectivity index (χ2n) is 5.29. The highest BCUT2D eigenvalue weighted by atomic mass is 32.1. The molecule has 0 aliphatic carbocycles. The summed E-state index contributed by atoms with van der Waals surface area (Å²) < 4.78 is 1.28. The quantitative estimate of drug-likeness (QED) is 0.713. The Balaban J connectivity index is 1.93. The Hall–Kier alpha value is -1.23. The number of fused-ring (bicyclic) bond motifs is 2. The Morgan fingerprint density at radius 2 is 2.10 bits per heavy atom. The largest absolute Gasteiger partial charge is 0.309 e. The van der Waals surface area contributed by atoms with E-state index in [9.17, 15) is 0 Å². The Labute approximate surface area is 126 Å². The van der Waals surface area contributed by atoms with E-state index in [0.717, 1.165) is 18.5 Å². The molecule has 0 amide bonds. The lowest BCUT2D eigenvalue weighted by atomic mass is 9.99. The van der Waals surface area contributed by atoms with Crippen LogP contribution in [-0.2, 0) is 6.42 Å². The molecule has 20 heavy (non-hydrogen) atoms. The molecule has 4 rings (SSSR count). The van der Waals surface area contributed by atoms with E-state index < -0.39 is 0 Å². The fourth-order valence-electron chi connectivity index (χ4n) is 2.98. The van der Waals surface area contributed by atoms with Gasteiger partial charge in [0.2, 0.25) is 0 Å². The van der Waals surface area contributed by atoms with Crippen LogP contribution in [0.5, 0.6) is 0 Å². The number of nitrogens with one attached hydrogen (secondary N) is 1. The van der Waals surface area contributed by atoms with Crippen LogP contribution in [0.3, 0.4) is 0 Å². The van der Waals surface area contributed by atoms with Crippen LogP contribution in [0.15, 0.2) is 24.3 Å². The molecule has 3 aromatic rings. The van der Waals surface area contributed by atoms with Gasteiger partial charge in [-0.1, -0.05) is 12.1 Å². The zero-order valence-corrected chi connectivity index (χ0v) is 13.2. The van der Waals surface area contributed by atoms with Gasteiger partial charge in [0.15, 0.2) is 0 Å². The van der Waals surface area contributed by atoms with E-state index in [1.54, 1.807) is 0 Å². The van der Waals surface area contributed by atoms with E-state index >= 15 is 0 Å². The number of aromatic nitrogens is 1. The van der Waals surface area contributed by atoms with Crippen LogP contribution in [0.25, 0.3) is 20.8 Å². The molecule has 0 saturated carbocycles. The van der Waals surface area contributed by atoms with Gasteiger partial charge >= 0.3 is 0 Å². The van der Waals surface area contributed by atoms with Gasteiger partial charge in [-0.05, 0) is 44.5 Å². The van der Waals surface area contributed by atoms with Crippen molar-refractivity contribution in [2.75, 3.05) is 6.54 Å². The Morgan fingerprint density at radius 3 is 2.95 bits per heavy atom. The lowest BCUT2D eigenvalue weighted by Crippen LogP contribution is -2.26. The number of thiazole rings is 1. The highest BCUT2D eigenvalue weighted by Crippen LogP contribution is 2.43. The van der Waals surface area contributed by atoms with Gasteiger partial charge < -0.3 is 5.32 Å². The zero-order chi connectivity index (χ0) is 13.7. The molecule has 4 heteroatoms. The molecule has 102 valence electrons. The van der Waals surface area contributed by atoms with Crippen LogP contribution in [0.2, 0.25) is 0 Å². The summed E-state index contributed by atoms with van der Waals surface area (Å²) in [5.41, 5.74) is 4.05. The van der Waals surface area contributed by atoms with Crippen molar-refractivity contribution in [1.82, 2.24) is 10.3 Å². The summed E-state index contributed by atoms with van der Waals surface area (Å²) in [4.78, 5) is 7.76. The monoisotopic (exact) mass is 300 g/mol. The van der Waals surface area contributed by atoms with Crippen molar-refractivity contribution >= 4 is 32.9 Å². The third-order valence-electron chi connectivity index (χ3n) is 3.94. The summed E-state index contributed by atoms with van der Waals surface area (Å²) in [5.74, 6) is 0. The van der Waals surface area contributed by atoms with Crippen LogP contribution >= 0.6 is 22.7 Å². The van der Waals surface area contributed by atoms with Gasteiger partial charge in [0.05, 0.1) is 10.2 Å². The van der Waals surface area contributed by atoms with Gasteiger partial charge in [-0.25, -0.2) is 4.98 Å². The van der Waals surface area contributed by atoms with E-state index in [4.69, 9.17) is 4.98 Å². The second-order valence-corrected chi connectivity index (χ2v) is 7.58. The predicted molar refractivity (Wildman–Crippen MR) is 87.8 cm³/mol. The lowest BCUT2D eigenvalue weighted by Gasteiger charge is -2.20. The van der Waals surface area contributed by atoms with Gasteiger partial charge in [0.25, 0.3) is 0 Å². The van der Waals surface area contributed by atoms with E-state index in [1.807, 2.05) is 22.7 Å². The summed E-state index contributed by atoms with van der Waals surface area (Å²) in [7, 11) is 0. The van der Waals surface area contributed by atoms with Crippen molar-refractivity contribution in [3.8, 4) is 10.6 Å². The van der Waals surface area contributed by atoms with Gasteiger partial charge in [0.1, 0.15) is 5.01 Å². The molecule has 0 spiro atoms. The molecule has 1 atom stereocenters. The molecule has 1 unspecified atom stereocenters. The Morgan fingerprint density at radius 1 is 1.25 bits per heavy atom. The maximum Gasteiger partial charge on any atom is 0.126 e. The molecular weight excluding hydrogens is 284 g/mol. The molecular formula is C16H16N2S2. The van der Waals surface area contributed by atoms with Gasteiger partial charge in [-0.15, -0.1) is 22.7 Å². The van der Waals surface area contributed by atoms with Crippen molar-refractivity contribution in [2.45, 2.75) is 26.3 Å². The van der Waals surface area contributed by atoms with Crippen LogP contribution < -0.4 is 5.32 Å². The molecule has 1 aliphatic rings. The third kappa shape index (κ3) is 1.83. The maximum atomic E-state index is 4.85. The standard InChI is InChI=1S/C16H16N2S2/c1-9-15-11(7-8-17-9)14(10(2)19-15)16-18-12-5-3-4-6-13(12)20-16/h3-6,9,17H,7-8H2,1-2H3. The molecule has 2 aromatic heterocycles. The first-order valence-corrected chi connectivity index (χ1v) is 8.59. The molecule has 0 radical (unpaired) electrons. The fourth-order valence-corrected chi connectivity index (χ4v) is 5.38. The van der Waals surface area contributed by atoms with E-state index in [1.165, 1.54) is 30.6 Å². The average Bonchev–Trinajstić information content (AvgIpc) is 2.99. The molecule has 0 bridgehead atoms. The summed E-state index contributed by atoms with van der Waals surface area (Å²) in [5, 5.41) is 4.74. The molecule has 2 nitrogen and oxygen atoms in total. The summed E-state index contributed by atoms with van der Waals surface area (Å²) >= 11 is 3.75. The van der Waals surface area contributed by atoms with Crippen molar-refractivity contribution in [2.24, 2.45) is 0 Å². The van der Waals surface area contributed by atoms with Crippen molar-refractivity contribution in [3.63, 3.8) is 0 Å². The molecule has 1 N–H and O–H groups in total. The van der Waals surface area contributed by atoms with Crippen molar-refractivity contribution in [3.05, 3.63) is 39.6 Å². The molecule has 0 saturated heterocycles.